The predicted octanol–water partition coefficient (Wildman–Crippen LogP) is 3.29. The van der Waals surface area contributed by atoms with Crippen LogP contribution in [0.15, 0.2) is 36.5 Å². The molecule has 2 aromatic rings. The molecule has 5 rings (SSSR count). The maximum absolute atomic E-state index is 13.9. The number of carbonyl (C=O) groups is 1. The van der Waals surface area contributed by atoms with Gasteiger partial charge in [-0.25, -0.2) is 4.39 Å². The summed E-state index contributed by atoms with van der Waals surface area (Å²) in [6.07, 6.45) is 2.52. The fraction of sp³-hybridized carbons (Fsp3) is 0.600. The number of carbonyl (C=O) groups excluding carboxylic acids is 1. The van der Waals surface area contributed by atoms with Gasteiger partial charge in [0.05, 0.1) is 38.1 Å². The van der Waals surface area contributed by atoms with Crippen LogP contribution in [0.1, 0.15) is 37.6 Å². The van der Waals surface area contributed by atoms with Crippen LogP contribution < -0.4 is 10.2 Å². The number of anilines is 1. The predicted molar refractivity (Wildman–Crippen MR) is 164 cm³/mol. The first-order chi connectivity index (χ1) is 18.7. The number of rotatable bonds is 8. The summed E-state index contributed by atoms with van der Waals surface area (Å²) >= 11 is 0. The molecular weight excluding hydrogens is 568 g/mol. The van der Waals surface area contributed by atoms with Crippen LogP contribution in [0, 0.1) is 5.82 Å². The van der Waals surface area contributed by atoms with Gasteiger partial charge in [-0.15, -0.1) is 24.8 Å². The molecule has 2 saturated heterocycles. The van der Waals surface area contributed by atoms with Gasteiger partial charge in [0.1, 0.15) is 5.82 Å². The summed E-state index contributed by atoms with van der Waals surface area (Å²) in [4.78, 5) is 25.4. The molecule has 0 radical (unpaired) electrons. The third-order valence-electron chi connectivity index (χ3n) is 8.33. The molecule has 1 N–H and O–H groups in total. The Balaban J connectivity index is 0.00000231. The van der Waals surface area contributed by atoms with Gasteiger partial charge < -0.3 is 19.7 Å². The molecule has 0 saturated carbocycles. The van der Waals surface area contributed by atoms with Gasteiger partial charge in [0.25, 0.3) is 0 Å². The molecule has 2 fully saturated rings. The molecule has 1 aromatic heterocycles. The Morgan fingerprint density at radius 1 is 1.20 bits per heavy atom. The van der Waals surface area contributed by atoms with Crippen LogP contribution in [0.25, 0.3) is 0 Å². The fourth-order valence-electron chi connectivity index (χ4n) is 6.14. The third-order valence-corrected chi connectivity index (χ3v) is 8.33. The number of aromatic nitrogens is 1. The van der Waals surface area contributed by atoms with E-state index in [-0.39, 0.29) is 54.0 Å². The Morgan fingerprint density at radius 3 is 2.68 bits per heavy atom. The van der Waals surface area contributed by atoms with E-state index in [1.165, 1.54) is 12.1 Å². The number of piperazine rings is 1. The average molecular weight is 613 g/mol. The van der Waals surface area contributed by atoms with Crippen LogP contribution in [0.3, 0.4) is 0 Å². The number of pyridine rings is 1. The number of methoxy groups -OCH3 is 1. The minimum atomic E-state index is -0.248. The van der Waals surface area contributed by atoms with E-state index in [0.717, 1.165) is 55.3 Å². The van der Waals surface area contributed by atoms with E-state index in [9.17, 15) is 9.18 Å². The molecule has 228 valence electrons. The van der Waals surface area contributed by atoms with Crippen molar-refractivity contribution in [1.29, 1.82) is 0 Å². The first kappa shape index (κ1) is 33.6. The van der Waals surface area contributed by atoms with Crippen LogP contribution in [0.4, 0.5) is 10.1 Å². The first-order valence-electron chi connectivity index (χ1n) is 14.1. The molecule has 0 spiro atoms. The highest BCUT2D eigenvalue weighted by Crippen LogP contribution is 2.40. The van der Waals surface area contributed by atoms with Crippen LogP contribution in [0.5, 0.6) is 0 Å². The number of nitrogens with one attached hydrogen (secondary N) is 1. The SMILES string of the molecule is COC[C@@H]1COCCN1C[C@H]1CN[C@H](C)CN1CC(=O)N1CC(C)(C)c2cnc(Cc3ccc(F)cc3)cc21.Cl.Cl. The summed E-state index contributed by atoms with van der Waals surface area (Å²) in [5, 5.41) is 3.62. The van der Waals surface area contributed by atoms with E-state index < -0.39 is 0 Å². The monoisotopic (exact) mass is 611 g/mol. The van der Waals surface area contributed by atoms with E-state index in [1.54, 1.807) is 19.2 Å². The Bertz CT molecular complexity index is 1150. The van der Waals surface area contributed by atoms with Crippen LogP contribution in [-0.2, 0) is 26.1 Å². The number of fused-ring (bicyclic) bond motifs is 1. The Labute approximate surface area is 255 Å². The highest BCUT2D eigenvalue weighted by atomic mass is 35.5. The lowest BCUT2D eigenvalue weighted by Gasteiger charge is -2.44. The van der Waals surface area contributed by atoms with Gasteiger partial charge >= 0.3 is 0 Å². The van der Waals surface area contributed by atoms with Crippen molar-refractivity contribution in [3.05, 3.63) is 59.2 Å². The van der Waals surface area contributed by atoms with Gasteiger partial charge in [-0.1, -0.05) is 26.0 Å². The molecule has 8 nitrogen and oxygen atoms in total. The second kappa shape index (κ2) is 14.6. The van der Waals surface area contributed by atoms with Gasteiger partial charge in [-0.05, 0) is 30.7 Å². The number of ether oxygens (including phenoxy) is 2. The van der Waals surface area contributed by atoms with Crippen molar-refractivity contribution in [3.63, 3.8) is 0 Å². The van der Waals surface area contributed by atoms with Crippen molar-refractivity contribution >= 4 is 36.4 Å². The molecule has 3 atom stereocenters. The number of nitrogens with zero attached hydrogens (tertiary/aromatic N) is 4. The summed E-state index contributed by atoms with van der Waals surface area (Å²) in [5.41, 5.74) is 3.74. The molecule has 41 heavy (non-hydrogen) atoms. The van der Waals surface area contributed by atoms with Crippen molar-refractivity contribution < 1.29 is 18.7 Å². The molecule has 11 heteroatoms. The maximum Gasteiger partial charge on any atom is 0.241 e. The molecule has 3 aliphatic heterocycles. The zero-order valence-electron chi connectivity index (χ0n) is 24.5. The third kappa shape index (κ3) is 7.96. The van der Waals surface area contributed by atoms with Crippen molar-refractivity contribution in [1.82, 2.24) is 20.1 Å². The molecule has 3 aliphatic rings. The summed E-state index contributed by atoms with van der Waals surface area (Å²) in [6.45, 7) is 13.0. The van der Waals surface area contributed by atoms with Gasteiger partial charge in [0.15, 0.2) is 0 Å². The Kier molecular flexibility index (Phi) is 11.9. The smallest absolute Gasteiger partial charge is 0.241 e. The van der Waals surface area contributed by atoms with Gasteiger partial charge in [-0.2, -0.15) is 0 Å². The quantitative estimate of drug-likeness (QED) is 0.491. The average Bonchev–Trinajstić information content (AvgIpc) is 3.18. The standard InChI is InChI=1S/C30H42FN5O3.2ClH/c1-21-15-35(25(13-32-21)16-34-9-10-39-19-26(34)18-38-4)17-29(37)36-20-30(2,3)27-14-33-24(12-28(27)36)11-22-5-7-23(31)8-6-22;;/h5-8,12,14,21,25-26,32H,9-11,13,15-20H2,1-4H3;2*1H/t21-,25-,26-;;/m1../s1. The summed E-state index contributed by atoms with van der Waals surface area (Å²) in [7, 11) is 1.73. The normalized spacial score (nSPS) is 24.3. The summed E-state index contributed by atoms with van der Waals surface area (Å²) < 4.78 is 24.5. The zero-order valence-corrected chi connectivity index (χ0v) is 26.1. The zero-order chi connectivity index (χ0) is 27.6. The lowest BCUT2D eigenvalue weighted by Crippen LogP contribution is -2.62. The van der Waals surface area contributed by atoms with Crippen LogP contribution >= 0.6 is 24.8 Å². The topological polar surface area (TPSA) is 70.2 Å². The molecule has 4 heterocycles. The van der Waals surface area contributed by atoms with E-state index in [2.05, 4.69) is 35.9 Å². The van der Waals surface area contributed by atoms with Crippen molar-refractivity contribution in [3.8, 4) is 0 Å². The summed E-state index contributed by atoms with van der Waals surface area (Å²) in [6, 6.07) is 9.35. The molecule has 0 aliphatic carbocycles. The van der Waals surface area contributed by atoms with Crippen LogP contribution in [-0.4, -0.2) is 105 Å². The highest BCUT2D eigenvalue weighted by molar-refractivity contribution is 5.97. The Morgan fingerprint density at radius 2 is 1.95 bits per heavy atom. The number of morpholine rings is 1. The lowest BCUT2D eigenvalue weighted by molar-refractivity contribution is -0.121. The number of hydrogen-bond acceptors (Lipinski definition) is 7. The van der Waals surface area contributed by atoms with E-state index in [0.29, 0.717) is 38.8 Å². The minimum absolute atomic E-state index is 0. The molecule has 1 aromatic carbocycles. The van der Waals surface area contributed by atoms with Gasteiger partial charge in [0, 0.05) is 81.2 Å². The molecule has 0 unspecified atom stereocenters. The minimum Gasteiger partial charge on any atom is -0.383 e. The number of halogens is 3. The first-order valence-corrected chi connectivity index (χ1v) is 14.1. The summed E-state index contributed by atoms with van der Waals surface area (Å²) in [5.74, 6) is -0.127. The maximum atomic E-state index is 13.9. The number of benzene rings is 1. The van der Waals surface area contributed by atoms with Gasteiger partial charge in [-0.3, -0.25) is 19.6 Å². The largest absolute Gasteiger partial charge is 0.383 e. The van der Waals surface area contributed by atoms with E-state index in [4.69, 9.17) is 14.5 Å². The molecule has 1 amide bonds. The second-order valence-electron chi connectivity index (χ2n) is 11.9. The van der Waals surface area contributed by atoms with Crippen molar-refractivity contribution in [2.75, 3.05) is 71.1 Å². The number of amides is 1. The Hall–Kier alpha value is -1.85. The molecule has 0 bridgehead atoms. The van der Waals surface area contributed by atoms with Gasteiger partial charge in [0.2, 0.25) is 5.91 Å². The van der Waals surface area contributed by atoms with Crippen molar-refractivity contribution in [2.45, 2.75) is 50.7 Å². The molecular formula is C30H44Cl2FN5O3. The highest BCUT2D eigenvalue weighted by Gasteiger charge is 2.40. The van der Waals surface area contributed by atoms with Crippen molar-refractivity contribution in [2.24, 2.45) is 0 Å². The fourth-order valence-corrected chi connectivity index (χ4v) is 6.14. The van der Waals surface area contributed by atoms with E-state index >= 15 is 0 Å². The van der Waals surface area contributed by atoms with E-state index in [1.807, 2.05) is 17.2 Å². The van der Waals surface area contributed by atoms with Crippen LogP contribution in [0.2, 0.25) is 0 Å². The lowest BCUT2D eigenvalue weighted by atomic mass is 9.88. The second-order valence-corrected chi connectivity index (χ2v) is 11.9. The number of hydrogen-bond donors (Lipinski definition) is 1.